The van der Waals surface area contributed by atoms with Gasteiger partial charge in [-0.25, -0.2) is 0 Å². The summed E-state index contributed by atoms with van der Waals surface area (Å²) in [5.74, 6) is 0. The Morgan fingerprint density at radius 2 is 2.36 bits per heavy atom. The van der Waals surface area contributed by atoms with Crippen LogP contribution in [0.1, 0.15) is 23.9 Å². The number of ether oxygens (including phenoxy) is 1. The van der Waals surface area contributed by atoms with Crippen molar-refractivity contribution in [2.24, 2.45) is 0 Å². The molecule has 0 aliphatic carbocycles. The lowest BCUT2D eigenvalue weighted by molar-refractivity contribution is 0.133. The summed E-state index contributed by atoms with van der Waals surface area (Å²) in [6, 6.07) is 4.20. The van der Waals surface area contributed by atoms with Crippen LogP contribution in [-0.4, -0.2) is 4.98 Å². The first-order chi connectivity index (χ1) is 5.40. The minimum Gasteiger partial charge on any atom is -0.370 e. The zero-order valence-electron chi connectivity index (χ0n) is 6.63. The molecule has 1 aliphatic rings. The number of aromatic nitrogens is 1. The number of aryl methyl sites for hydroxylation is 1. The zero-order chi connectivity index (χ0) is 7.68. The van der Waals surface area contributed by atoms with Crippen molar-refractivity contribution < 1.29 is 4.74 Å². The highest BCUT2D eigenvalue weighted by Gasteiger charge is 2.11. The lowest BCUT2D eigenvalue weighted by atomic mass is 10.2. The van der Waals surface area contributed by atoms with Gasteiger partial charge >= 0.3 is 0 Å². The van der Waals surface area contributed by atoms with Crippen LogP contribution in [0.25, 0.3) is 0 Å². The molecule has 0 spiro atoms. The standard InChI is InChI=1S/C9H11NO/c1-2-8-4-3-7-5-11-6-9(7)10-8/h3-4H,2,5-6H2,1H3. The minimum atomic E-state index is 0.698. The van der Waals surface area contributed by atoms with E-state index in [2.05, 4.69) is 24.0 Å². The summed E-state index contributed by atoms with van der Waals surface area (Å²) in [4.78, 5) is 4.45. The molecular weight excluding hydrogens is 138 g/mol. The topological polar surface area (TPSA) is 22.1 Å². The zero-order valence-corrected chi connectivity index (χ0v) is 6.63. The van der Waals surface area contributed by atoms with Gasteiger partial charge in [0.15, 0.2) is 0 Å². The average Bonchev–Trinajstić information content (AvgIpc) is 2.50. The predicted octanol–water partition coefficient (Wildman–Crippen LogP) is 1.67. The maximum atomic E-state index is 5.25. The van der Waals surface area contributed by atoms with Crippen molar-refractivity contribution in [3.8, 4) is 0 Å². The maximum absolute atomic E-state index is 5.25. The first-order valence-corrected chi connectivity index (χ1v) is 3.95. The molecule has 2 heteroatoms. The number of pyridine rings is 1. The summed E-state index contributed by atoms with van der Waals surface area (Å²) in [7, 11) is 0. The molecule has 0 radical (unpaired) electrons. The molecule has 11 heavy (non-hydrogen) atoms. The Morgan fingerprint density at radius 3 is 3.18 bits per heavy atom. The van der Waals surface area contributed by atoms with Crippen LogP contribution in [0.2, 0.25) is 0 Å². The van der Waals surface area contributed by atoms with E-state index in [1.54, 1.807) is 0 Å². The van der Waals surface area contributed by atoms with Gasteiger partial charge in [0.2, 0.25) is 0 Å². The first-order valence-electron chi connectivity index (χ1n) is 3.95. The fourth-order valence-electron chi connectivity index (χ4n) is 1.29. The number of hydrogen-bond acceptors (Lipinski definition) is 2. The molecule has 1 aromatic rings. The van der Waals surface area contributed by atoms with Crippen LogP contribution < -0.4 is 0 Å². The quantitative estimate of drug-likeness (QED) is 0.606. The lowest BCUT2D eigenvalue weighted by Gasteiger charge is -1.98. The summed E-state index contributed by atoms with van der Waals surface area (Å²) in [5, 5.41) is 0. The van der Waals surface area contributed by atoms with Gasteiger partial charge < -0.3 is 4.74 Å². The van der Waals surface area contributed by atoms with Crippen LogP contribution in [0.3, 0.4) is 0 Å². The van der Waals surface area contributed by atoms with Crippen LogP contribution in [0.4, 0.5) is 0 Å². The molecular formula is C9H11NO. The van der Waals surface area contributed by atoms with Crippen molar-refractivity contribution >= 4 is 0 Å². The van der Waals surface area contributed by atoms with E-state index < -0.39 is 0 Å². The molecule has 0 saturated heterocycles. The maximum Gasteiger partial charge on any atom is 0.0896 e. The smallest absolute Gasteiger partial charge is 0.0896 e. The van der Waals surface area contributed by atoms with Gasteiger partial charge in [0, 0.05) is 11.3 Å². The Kier molecular flexibility index (Phi) is 1.62. The van der Waals surface area contributed by atoms with Gasteiger partial charge in [-0.2, -0.15) is 0 Å². The number of fused-ring (bicyclic) bond motifs is 1. The minimum absolute atomic E-state index is 0.698. The molecule has 58 valence electrons. The number of nitrogens with zero attached hydrogens (tertiary/aromatic N) is 1. The van der Waals surface area contributed by atoms with Gasteiger partial charge in [-0.05, 0) is 12.5 Å². The Morgan fingerprint density at radius 1 is 1.45 bits per heavy atom. The predicted molar refractivity (Wildman–Crippen MR) is 42.1 cm³/mol. The molecule has 2 nitrogen and oxygen atoms in total. The van der Waals surface area contributed by atoms with Crippen LogP contribution >= 0.6 is 0 Å². The van der Waals surface area contributed by atoms with E-state index in [1.807, 2.05) is 0 Å². The third-order valence-electron chi connectivity index (χ3n) is 1.98. The largest absolute Gasteiger partial charge is 0.370 e. The summed E-state index contributed by atoms with van der Waals surface area (Å²) in [5.41, 5.74) is 3.54. The van der Waals surface area contributed by atoms with Crippen molar-refractivity contribution in [1.29, 1.82) is 0 Å². The normalized spacial score (nSPS) is 15.0. The van der Waals surface area contributed by atoms with Gasteiger partial charge in [0.25, 0.3) is 0 Å². The molecule has 0 atom stereocenters. The Balaban J connectivity index is 2.41. The second-order valence-corrected chi connectivity index (χ2v) is 2.75. The van der Waals surface area contributed by atoms with E-state index in [0.29, 0.717) is 6.61 Å². The fraction of sp³-hybridized carbons (Fsp3) is 0.444. The molecule has 0 amide bonds. The SMILES string of the molecule is CCc1ccc2c(n1)COC2. The van der Waals surface area contributed by atoms with Crippen molar-refractivity contribution in [2.75, 3.05) is 0 Å². The van der Waals surface area contributed by atoms with E-state index in [0.717, 1.165) is 24.4 Å². The first kappa shape index (κ1) is 6.80. The van der Waals surface area contributed by atoms with E-state index in [4.69, 9.17) is 4.74 Å². The van der Waals surface area contributed by atoms with Crippen molar-refractivity contribution in [3.63, 3.8) is 0 Å². The van der Waals surface area contributed by atoms with Crippen molar-refractivity contribution in [2.45, 2.75) is 26.6 Å². The van der Waals surface area contributed by atoms with Crippen LogP contribution in [0.5, 0.6) is 0 Å². The van der Waals surface area contributed by atoms with Gasteiger partial charge in [0.1, 0.15) is 0 Å². The number of hydrogen-bond donors (Lipinski definition) is 0. The molecule has 1 aliphatic heterocycles. The van der Waals surface area contributed by atoms with Gasteiger partial charge in [-0.1, -0.05) is 13.0 Å². The monoisotopic (exact) mass is 149 g/mol. The van der Waals surface area contributed by atoms with Crippen LogP contribution in [-0.2, 0) is 24.4 Å². The third kappa shape index (κ3) is 1.14. The summed E-state index contributed by atoms with van der Waals surface area (Å²) in [6.07, 6.45) is 1.01. The Hall–Kier alpha value is -0.890. The molecule has 0 unspecified atom stereocenters. The van der Waals surface area contributed by atoms with Crippen molar-refractivity contribution in [3.05, 3.63) is 29.1 Å². The van der Waals surface area contributed by atoms with E-state index >= 15 is 0 Å². The molecule has 0 saturated carbocycles. The summed E-state index contributed by atoms with van der Waals surface area (Å²) < 4.78 is 5.25. The van der Waals surface area contributed by atoms with Crippen molar-refractivity contribution in [1.82, 2.24) is 4.98 Å². The molecule has 0 N–H and O–H groups in total. The second kappa shape index (κ2) is 2.62. The fourth-order valence-corrected chi connectivity index (χ4v) is 1.29. The second-order valence-electron chi connectivity index (χ2n) is 2.75. The van der Waals surface area contributed by atoms with Gasteiger partial charge in [0.05, 0.1) is 18.9 Å². The van der Waals surface area contributed by atoms with Gasteiger partial charge in [-0.3, -0.25) is 4.98 Å². The molecule has 0 aromatic carbocycles. The number of rotatable bonds is 1. The average molecular weight is 149 g/mol. The highest BCUT2D eigenvalue weighted by atomic mass is 16.5. The Bertz CT molecular complexity index is 270. The molecule has 2 heterocycles. The highest BCUT2D eigenvalue weighted by molar-refractivity contribution is 5.24. The van der Waals surface area contributed by atoms with Gasteiger partial charge in [-0.15, -0.1) is 0 Å². The molecule has 2 rings (SSSR count). The van der Waals surface area contributed by atoms with E-state index in [1.165, 1.54) is 5.56 Å². The summed E-state index contributed by atoms with van der Waals surface area (Å²) >= 11 is 0. The summed E-state index contributed by atoms with van der Waals surface area (Å²) in [6.45, 7) is 3.56. The Labute approximate surface area is 66.2 Å². The molecule has 1 aromatic heterocycles. The van der Waals surface area contributed by atoms with E-state index in [9.17, 15) is 0 Å². The highest BCUT2D eigenvalue weighted by Crippen LogP contribution is 2.17. The van der Waals surface area contributed by atoms with E-state index in [-0.39, 0.29) is 0 Å². The third-order valence-corrected chi connectivity index (χ3v) is 1.98. The molecule has 0 bridgehead atoms. The van der Waals surface area contributed by atoms with Crippen LogP contribution in [0, 0.1) is 0 Å². The lowest BCUT2D eigenvalue weighted by Crippen LogP contribution is -1.92. The van der Waals surface area contributed by atoms with Crippen LogP contribution in [0.15, 0.2) is 12.1 Å². The molecule has 0 fully saturated rings.